The summed E-state index contributed by atoms with van der Waals surface area (Å²) in [4.78, 5) is 0. The van der Waals surface area contributed by atoms with Crippen LogP contribution in [0.4, 0.5) is 0 Å². The first-order valence-corrected chi connectivity index (χ1v) is 31.9. The third kappa shape index (κ3) is 24.4. The maximum Gasteiger partial charge on any atom is 0.864 e. The van der Waals surface area contributed by atoms with E-state index in [1.807, 2.05) is 372 Å². The molecule has 486 valence electrons. The number of hydrogen-bond donors (Lipinski definition) is 0. The van der Waals surface area contributed by atoms with Crippen molar-refractivity contribution in [2.24, 2.45) is 0 Å². The van der Waals surface area contributed by atoms with Gasteiger partial charge >= 0.3 is 29.3 Å². The van der Waals surface area contributed by atoms with Crippen LogP contribution in [0.3, 0.4) is 0 Å². The number of aryl methyl sites for hydroxylation is 9. The van der Waals surface area contributed by atoms with Gasteiger partial charge in [0, 0.05) is 0 Å². The summed E-state index contributed by atoms with van der Waals surface area (Å²) in [5, 5.41) is 0. The van der Waals surface area contributed by atoms with Gasteiger partial charge in [-0.15, -0.1) is 0 Å². The maximum atomic E-state index is 6.02. The van der Waals surface area contributed by atoms with Gasteiger partial charge in [0.05, 0.1) is 0 Å². The van der Waals surface area contributed by atoms with Crippen molar-refractivity contribution in [3.8, 4) is 69.0 Å². The quantitative estimate of drug-likeness (QED) is 0.0537. The van der Waals surface area contributed by atoms with Gasteiger partial charge in [0.1, 0.15) is 69.0 Å². The standard InChI is InChI=1S/3C21H21BO3.C18H15BO3/c1-16-10-4-7-13-19(16)23-22(24-20-14-8-5-11-17(20)2)25-21-15-9-6-12-18(21)3;1-16-10-12-19(13-11-16)23-22(24-20-8-4-6-17(2)14-20)25-21-9-5-7-18(3)15-21;1-16-7-11-19(12-8-16)23-22(24-20-13-9-17(2)10-14-20)25-21-6-4-5-18(3)15-21;1-4-10-16(11-5-1)20-19(21-17-12-6-2-7-13-17)22-18-14-8-3-9-15-18/h3*4-15H,1-3H3;1-15H. The Balaban J connectivity index is 0.000000152. The van der Waals surface area contributed by atoms with Crippen LogP contribution in [0.5, 0.6) is 69.0 Å². The molecule has 0 unspecified atom stereocenters. The van der Waals surface area contributed by atoms with E-state index >= 15 is 0 Å². The van der Waals surface area contributed by atoms with Crippen molar-refractivity contribution in [1.29, 1.82) is 0 Å². The molecule has 0 aliphatic rings. The Morgan fingerprint density at radius 2 is 0.351 bits per heavy atom. The van der Waals surface area contributed by atoms with E-state index in [-0.39, 0.29) is 0 Å². The van der Waals surface area contributed by atoms with E-state index in [1.54, 1.807) is 0 Å². The van der Waals surface area contributed by atoms with Gasteiger partial charge in [-0.25, -0.2) is 0 Å². The Bertz CT molecular complexity index is 3960. The summed E-state index contributed by atoms with van der Waals surface area (Å²) in [5.74, 6) is 8.40. The molecule has 0 aromatic heterocycles. The molecule has 0 atom stereocenters. The fraction of sp³-hybridized carbons (Fsp3) is 0.111. The molecule has 0 saturated carbocycles. The molecule has 0 fully saturated rings. The lowest BCUT2D eigenvalue weighted by molar-refractivity contribution is 0.304. The third-order valence-electron chi connectivity index (χ3n) is 14.3. The topological polar surface area (TPSA) is 111 Å². The molecule has 12 aromatic carbocycles. The second kappa shape index (κ2) is 36.8. The van der Waals surface area contributed by atoms with E-state index in [0.29, 0.717) is 51.7 Å². The molecule has 0 saturated heterocycles. The number of para-hydroxylation sites is 6. The molecular weight excluding hydrogens is 1210 g/mol. The maximum absolute atomic E-state index is 6.02. The van der Waals surface area contributed by atoms with Gasteiger partial charge in [0.15, 0.2) is 0 Å². The van der Waals surface area contributed by atoms with Gasteiger partial charge in [-0.2, -0.15) is 0 Å². The minimum absolute atomic E-state index is 0.680. The van der Waals surface area contributed by atoms with Gasteiger partial charge in [-0.1, -0.05) is 199 Å². The van der Waals surface area contributed by atoms with Crippen LogP contribution in [0, 0.1) is 62.3 Å². The van der Waals surface area contributed by atoms with E-state index in [2.05, 4.69) is 0 Å². The van der Waals surface area contributed by atoms with Crippen LogP contribution >= 0.6 is 0 Å². The fourth-order valence-electron chi connectivity index (χ4n) is 9.08. The van der Waals surface area contributed by atoms with Crippen LogP contribution in [0.2, 0.25) is 0 Å². The van der Waals surface area contributed by atoms with Crippen molar-refractivity contribution >= 4 is 29.3 Å². The van der Waals surface area contributed by atoms with E-state index in [4.69, 9.17) is 55.9 Å². The molecule has 0 radical (unpaired) electrons. The summed E-state index contributed by atoms with van der Waals surface area (Å²) in [5.41, 5.74) is 9.91. The first-order chi connectivity index (χ1) is 47.2. The highest BCUT2D eigenvalue weighted by Gasteiger charge is 2.34. The van der Waals surface area contributed by atoms with Crippen molar-refractivity contribution in [3.05, 3.63) is 359 Å². The molecule has 16 heteroatoms. The van der Waals surface area contributed by atoms with Crippen LogP contribution < -0.4 is 55.9 Å². The van der Waals surface area contributed by atoms with E-state index in [1.165, 1.54) is 16.7 Å². The molecule has 12 aromatic rings. The Kier molecular flexibility index (Phi) is 26.5. The van der Waals surface area contributed by atoms with E-state index in [0.717, 1.165) is 50.6 Å². The van der Waals surface area contributed by atoms with Gasteiger partial charge in [0.25, 0.3) is 0 Å². The zero-order valence-electron chi connectivity index (χ0n) is 56.2. The van der Waals surface area contributed by atoms with Crippen LogP contribution in [0.25, 0.3) is 0 Å². The molecule has 0 heterocycles. The second-order valence-corrected chi connectivity index (χ2v) is 22.7. The molecule has 0 aliphatic carbocycles. The lowest BCUT2D eigenvalue weighted by atomic mass is 10.1. The molecule has 12 rings (SSSR count). The highest BCUT2D eigenvalue weighted by Crippen LogP contribution is 2.27. The summed E-state index contributed by atoms with van der Waals surface area (Å²) in [7, 11) is -3.52. The van der Waals surface area contributed by atoms with Crippen molar-refractivity contribution in [1.82, 2.24) is 0 Å². The minimum atomic E-state index is -0.886. The lowest BCUT2D eigenvalue weighted by Crippen LogP contribution is -2.37. The normalized spacial score (nSPS) is 10.1. The highest BCUT2D eigenvalue weighted by atomic mass is 16.8. The highest BCUT2D eigenvalue weighted by molar-refractivity contribution is 6.41. The van der Waals surface area contributed by atoms with Gasteiger partial charge in [0.2, 0.25) is 0 Å². The molecule has 0 N–H and O–H groups in total. The summed E-state index contributed by atoms with van der Waals surface area (Å²) >= 11 is 0. The van der Waals surface area contributed by atoms with Gasteiger partial charge in [-0.05, 0) is 223 Å². The predicted octanol–water partition coefficient (Wildman–Crippen LogP) is 19.6. The summed E-state index contributed by atoms with van der Waals surface area (Å²) in [6.07, 6.45) is 0. The number of hydrogen-bond acceptors (Lipinski definition) is 12. The molecule has 0 bridgehead atoms. The Morgan fingerprint density at radius 3 is 0.588 bits per heavy atom. The fourth-order valence-corrected chi connectivity index (χ4v) is 9.08. The minimum Gasteiger partial charge on any atom is -0.490 e. The van der Waals surface area contributed by atoms with Crippen molar-refractivity contribution in [3.63, 3.8) is 0 Å². The molecule has 0 aliphatic heterocycles. The van der Waals surface area contributed by atoms with E-state index < -0.39 is 29.3 Å². The third-order valence-corrected chi connectivity index (χ3v) is 14.3. The van der Waals surface area contributed by atoms with Gasteiger partial charge in [-0.3, -0.25) is 0 Å². The van der Waals surface area contributed by atoms with Crippen molar-refractivity contribution in [2.75, 3.05) is 0 Å². The lowest BCUT2D eigenvalue weighted by Gasteiger charge is -2.19. The van der Waals surface area contributed by atoms with E-state index in [9.17, 15) is 0 Å². The SMILES string of the molecule is Cc1ccc(OB(Oc2ccc(C)cc2)Oc2cccc(C)c2)cc1.Cc1ccc(OB(Oc2cccc(C)c2)Oc2cccc(C)c2)cc1.Cc1ccccc1OB(Oc1ccccc1C)Oc1ccccc1C.c1ccc(OB(Oc2ccccc2)Oc2ccccc2)cc1. The Morgan fingerprint density at radius 1 is 0.155 bits per heavy atom. The van der Waals surface area contributed by atoms with Gasteiger partial charge < -0.3 is 55.9 Å². The van der Waals surface area contributed by atoms with Crippen molar-refractivity contribution in [2.45, 2.75) is 62.3 Å². The largest absolute Gasteiger partial charge is 0.864 e. The van der Waals surface area contributed by atoms with Crippen LogP contribution in [-0.4, -0.2) is 29.3 Å². The average molecular weight is 1290 g/mol. The summed E-state index contributed by atoms with van der Waals surface area (Å²) in [6.45, 7) is 18.1. The second-order valence-electron chi connectivity index (χ2n) is 22.7. The number of rotatable bonds is 24. The summed E-state index contributed by atoms with van der Waals surface area (Å²) in [6, 6.07) is 98.5. The zero-order valence-corrected chi connectivity index (χ0v) is 56.2. The predicted molar refractivity (Wildman–Crippen MR) is 390 cm³/mol. The zero-order chi connectivity index (χ0) is 68.0. The summed E-state index contributed by atoms with van der Waals surface area (Å²) < 4.78 is 70.9. The molecule has 0 spiro atoms. The Labute approximate surface area is 572 Å². The average Bonchev–Trinajstić information content (AvgIpc) is 1.52. The first-order valence-electron chi connectivity index (χ1n) is 31.9. The molecule has 0 amide bonds. The Hall–Kier alpha value is -11.5. The molecule has 97 heavy (non-hydrogen) atoms. The van der Waals surface area contributed by atoms with Crippen LogP contribution in [0.15, 0.2) is 309 Å². The first kappa shape index (κ1) is 69.8. The van der Waals surface area contributed by atoms with Crippen LogP contribution in [-0.2, 0) is 0 Å². The smallest absolute Gasteiger partial charge is 0.490 e. The molecular formula is C81H78B4O12. The molecule has 12 nitrogen and oxygen atoms in total. The number of benzene rings is 12. The van der Waals surface area contributed by atoms with Crippen molar-refractivity contribution < 1.29 is 55.9 Å². The van der Waals surface area contributed by atoms with Crippen LogP contribution in [0.1, 0.15) is 50.1 Å². The monoisotopic (exact) mass is 1290 g/mol.